The highest BCUT2D eigenvalue weighted by atomic mass is 35.5. The van der Waals surface area contributed by atoms with E-state index in [0.29, 0.717) is 12.6 Å². The topological polar surface area (TPSA) is 12.0 Å². The number of benzene rings is 1. The van der Waals surface area contributed by atoms with Gasteiger partial charge >= 0.3 is 0 Å². The summed E-state index contributed by atoms with van der Waals surface area (Å²) in [4.78, 5) is 0. The van der Waals surface area contributed by atoms with E-state index < -0.39 is 0 Å². The number of nitrogens with one attached hydrogen (secondary N) is 1. The lowest BCUT2D eigenvalue weighted by Gasteiger charge is -2.28. The summed E-state index contributed by atoms with van der Waals surface area (Å²) in [5, 5.41) is 3.76. The van der Waals surface area contributed by atoms with Gasteiger partial charge < -0.3 is 5.32 Å². The van der Waals surface area contributed by atoms with Gasteiger partial charge in [0, 0.05) is 18.0 Å². The van der Waals surface area contributed by atoms with E-state index in [4.69, 9.17) is 23.2 Å². The van der Waals surface area contributed by atoms with Gasteiger partial charge in [0.15, 0.2) is 0 Å². The Kier molecular flexibility index (Phi) is 4.66. The highest BCUT2D eigenvalue weighted by Gasteiger charge is 2.22. The average molecular weight is 276 g/mol. The molecular formula is C13H16Cl2FN. The van der Waals surface area contributed by atoms with Crippen LogP contribution in [0.25, 0.3) is 0 Å². The van der Waals surface area contributed by atoms with Crippen molar-refractivity contribution in [2.45, 2.75) is 43.6 Å². The van der Waals surface area contributed by atoms with Crippen LogP contribution in [0.15, 0.2) is 18.2 Å². The van der Waals surface area contributed by atoms with Crippen LogP contribution in [0.4, 0.5) is 4.39 Å². The number of hydrogen-bond donors (Lipinski definition) is 1. The Morgan fingerprint density at radius 3 is 2.76 bits per heavy atom. The van der Waals surface area contributed by atoms with Crippen LogP contribution in [0.3, 0.4) is 0 Å². The zero-order valence-corrected chi connectivity index (χ0v) is 11.1. The Labute approximate surface area is 111 Å². The lowest BCUT2D eigenvalue weighted by molar-refractivity contribution is 0.378. The molecule has 94 valence electrons. The molecule has 0 spiro atoms. The fraction of sp³-hybridized carbons (Fsp3) is 0.538. The fourth-order valence-electron chi connectivity index (χ4n) is 2.21. The van der Waals surface area contributed by atoms with Crippen LogP contribution in [-0.4, -0.2) is 11.4 Å². The van der Waals surface area contributed by atoms with Gasteiger partial charge in [-0.05, 0) is 30.5 Å². The molecule has 1 aliphatic rings. The lowest BCUT2D eigenvalue weighted by atomic mass is 9.95. The van der Waals surface area contributed by atoms with E-state index in [2.05, 4.69) is 5.32 Å². The van der Waals surface area contributed by atoms with Crippen molar-refractivity contribution in [3.8, 4) is 0 Å². The van der Waals surface area contributed by atoms with Crippen molar-refractivity contribution in [3.05, 3.63) is 34.6 Å². The molecule has 4 heteroatoms. The van der Waals surface area contributed by atoms with Crippen molar-refractivity contribution < 1.29 is 4.39 Å². The molecular weight excluding hydrogens is 260 g/mol. The zero-order chi connectivity index (χ0) is 12.3. The van der Waals surface area contributed by atoms with Crippen LogP contribution in [0.1, 0.15) is 31.2 Å². The van der Waals surface area contributed by atoms with E-state index >= 15 is 0 Å². The summed E-state index contributed by atoms with van der Waals surface area (Å²) in [5.74, 6) is -0.364. The van der Waals surface area contributed by atoms with Gasteiger partial charge in [0.05, 0.1) is 5.02 Å². The molecule has 1 saturated carbocycles. The molecule has 0 aromatic heterocycles. The molecule has 1 aromatic rings. The monoisotopic (exact) mass is 275 g/mol. The van der Waals surface area contributed by atoms with E-state index in [1.807, 2.05) is 6.07 Å². The van der Waals surface area contributed by atoms with Gasteiger partial charge in [-0.3, -0.25) is 0 Å². The van der Waals surface area contributed by atoms with Crippen molar-refractivity contribution >= 4 is 23.2 Å². The molecule has 0 amide bonds. The molecule has 0 aliphatic heterocycles. The van der Waals surface area contributed by atoms with Gasteiger partial charge in [-0.2, -0.15) is 0 Å². The van der Waals surface area contributed by atoms with E-state index in [-0.39, 0.29) is 16.2 Å². The van der Waals surface area contributed by atoms with Gasteiger partial charge in [0.1, 0.15) is 5.82 Å². The van der Waals surface area contributed by atoms with Crippen LogP contribution in [0, 0.1) is 5.82 Å². The molecule has 2 atom stereocenters. The summed E-state index contributed by atoms with van der Waals surface area (Å²) in [5.41, 5.74) is 0.904. The quantitative estimate of drug-likeness (QED) is 0.819. The first-order valence-corrected chi connectivity index (χ1v) is 6.79. The maximum atomic E-state index is 13.2. The minimum absolute atomic E-state index is 0.168. The third-order valence-corrected chi connectivity index (χ3v) is 4.06. The van der Waals surface area contributed by atoms with Gasteiger partial charge in [0.25, 0.3) is 0 Å². The van der Waals surface area contributed by atoms with Crippen molar-refractivity contribution in [2.24, 2.45) is 0 Å². The number of hydrogen-bond acceptors (Lipinski definition) is 1. The molecule has 0 bridgehead atoms. The van der Waals surface area contributed by atoms with E-state index in [1.165, 1.54) is 18.9 Å². The second-order valence-corrected chi connectivity index (χ2v) is 5.50. The molecule has 1 N–H and O–H groups in total. The summed E-state index contributed by atoms with van der Waals surface area (Å²) < 4.78 is 13.2. The molecule has 2 rings (SSSR count). The van der Waals surface area contributed by atoms with E-state index in [0.717, 1.165) is 18.4 Å². The predicted octanol–water partition coefficient (Wildman–Crippen LogP) is 4.12. The third-order valence-electron chi connectivity index (χ3n) is 3.23. The molecule has 0 heterocycles. The Morgan fingerprint density at radius 1 is 1.29 bits per heavy atom. The number of alkyl halides is 1. The second-order valence-electron chi connectivity index (χ2n) is 4.54. The molecule has 0 saturated heterocycles. The van der Waals surface area contributed by atoms with Crippen molar-refractivity contribution in [3.63, 3.8) is 0 Å². The third kappa shape index (κ3) is 3.57. The van der Waals surface area contributed by atoms with Gasteiger partial charge in [-0.25, -0.2) is 4.39 Å². The summed E-state index contributed by atoms with van der Waals surface area (Å²) in [7, 11) is 0. The Balaban J connectivity index is 1.90. The summed E-state index contributed by atoms with van der Waals surface area (Å²) in [6, 6.07) is 5.24. The van der Waals surface area contributed by atoms with Gasteiger partial charge in [-0.1, -0.05) is 30.5 Å². The first kappa shape index (κ1) is 13.1. The van der Waals surface area contributed by atoms with Gasteiger partial charge in [-0.15, -0.1) is 11.6 Å². The summed E-state index contributed by atoms with van der Waals surface area (Å²) in [6.45, 7) is 0.641. The normalized spacial score (nSPS) is 24.9. The summed E-state index contributed by atoms with van der Waals surface area (Å²) >= 11 is 11.9. The minimum atomic E-state index is -0.364. The first-order valence-electron chi connectivity index (χ1n) is 5.98. The minimum Gasteiger partial charge on any atom is -0.308 e. The van der Waals surface area contributed by atoms with Crippen LogP contribution in [0.5, 0.6) is 0 Å². The van der Waals surface area contributed by atoms with Crippen LogP contribution >= 0.6 is 23.2 Å². The fourth-order valence-corrected chi connectivity index (χ4v) is 2.70. The molecule has 0 radical (unpaired) electrons. The molecule has 1 aliphatic carbocycles. The van der Waals surface area contributed by atoms with Crippen LogP contribution < -0.4 is 5.32 Å². The molecule has 1 aromatic carbocycles. The first-order chi connectivity index (χ1) is 8.16. The maximum absolute atomic E-state index is 13.2. The molecule has 17 heavy (non-hydrogen) atoms. The van der Waals surface area contributed by atoms with Crippen LogP contribution in [0.2, 0.25) is 5.02 Å². The highest BCUT2D eigenvalue weighted by molar-refractivity contribution is 6.30. The predicted molar refractivity (Wildman–Crippen MR) is 70.1 cm³/mol. The number of rotatable bonds is 3. The second kappa shape index (κ2) is 6.03. The standard InChI is InChI=1S/C13H16Cl2FN/c14-10-6-5-9(7-12(10)16)8-17-13-4-2-1-3-11(13)15/h5-7,11,13,17H,1-4,8H2. The van der Waals surface area contributed by atoms with Gasteiger partial charge in [0.2, 0.25) is 0 Å². The molecule has 1 nitrogen and oxygen atoms in total. The van der Waals surface area contributed by atoms with Crippen molar-refractivity contribution in [1.82, 2.24) is 5.32 Å². The van der Waals surface area contributed by atoms with E-state index in [1.54, 1.807) is 6.07 Å². The number of halogens is 3. The average Bonchev–Trinajstić information content (AvgIpc) is 2.32. The van der Waals surface area contributed by atoms with Crippen LogP contribution in [-0.2, 0) is 6.54 Å². The Bertz CT molecular complexity index is 384. The van der Waals surface area contributed by atoms with E-state index in [9.17, 15) is 4.39 Å². The van der Waals surface area contributed by atoms with Crippen molar-refractivity contribution in [1.29, 1.82) is 0 Å². The largest absolute Gasteiger partial charge is 0.308 e. The highest BCUT2D eigenvalue weighted by Crippen LogP contribution is 2.23. The lowest BCUT2D eigenvalue weighted by Crippen LogP contribution is -2.38. The Hall–Kier alpha value is -0.310. The van der Waals surface area contributed by atoms with Crippen molar-refractivity contribution in [2.75, 3.05) is 0 Å². The zero-order valence-electron chi connectivity index (χ0n) is 9.56. The Morgan fingerprint density at radius 2 is 2.06 bits per heavy atom. The molecule has 1 fully saturated rings. The maximum Gasteiger partial charge on any atom is 0.142 e. The smallest absolute Gasteiger partial charge is 0.142 e. The SMILES string of the molecule is Fc1cc(CNC2CCCCC2Cl)ccc1Cl. The summed E-state index contributed by atoms with van der Waals surface area (Å²) in [6.07, 6.45) is 4.59. The molecule has 2 unspecified atom stereocenters.